The molecule has 1 aromatic heterocycles. The van der Waals surface area contributed by atoms with Gasteiger partial charge in [-0.15, -0.1) is 0 Å². The van der Waals surface area contributed by atoms with Crippen LogP contribution >= 0.6 is 11.6 Å². The van der Waals surface area contributed by atoms with Gasteiger partial charge in [0.15, 0.2) is 0 Å². The summed E-state index contributed by atoms with van der Waals surface area (Å²) >= 11 is 6.09. The number of aromatic nitrogens is 1. The van der Waals surface area contributed by atoms with Gasteiger partial charge in [0.2, 0.25) is 0 Å². The Morgan fingerprint density at radius 2 is 1.88 bits per heavy atom. The second-order valence-corrected chi connectivity index (χ2v) is 3.97. The molecule has 1 aromatic carbocycles. The van der Waals surface area contributed by atoms with Crippen molar-refractivity contribution < 1.29 is 0 Å². The van der Waals surface area contributed by atoms with Crippen molar-refractivity contribution in [1.82, 2.24) is 4.98 Å². The number of pyridine rings is 1. The van der Waals surface area contributed by atoms with Gasteiger partial charge in [-0.3, -0.25) is 4.98 Å². The van der Waals surface area contributed by atoms with E-state index in [1.807, 2.05) is 55.5 Å². The monoisotopic (exact) mass is 229 g/mol. The standard InChI is InChI=1S/C14H12ClN/c1-11(14-8-4-5-9-16-14)10-12-6-2-3-7-13(12)15/h2-10H,1H3/b11-10+. The summed E-state index contributed by atoms with van der Waals surface area (Å²) in [6, 6.07) is 13.7. The number of nitrogens with zero attached hydrogens (tertiary/aromatic N) is 1. The van der Waals surface area contributed by atoms with Crippen molar-refractivity contribution >= 4 is 23.3 Å². The van der Waals surface area contributed by atoms with Crippen molar-refractivity contribution in [2.45, 2.75) is 6.92 Å². The maximum Gasteiger partial charge on any atom is 0.0658 e. The van der Waals surface area contributed by atoms with E-state index in [0.717, 1.165) is 21.9 Å². The van der Waals surface area contributed by atoms with Crippen molar-refractivity contribution in [2.75, 3.05) is 0 Å². The molecule has 0 aliphatic rings. The van der Waals surface area contributed by atoms with Crippen LogP contribution in [0.15, 0.2) is 48.7 Å². The minimum atomic E-state index is 0.762. The van der Waals surface area contributed by atoms with E-state index in [4.69, 9.17) is 11.6 Å². The fraction of sp³-hybridized carbons (Fsp3) is 0.0714. The van der Waals surface area contributed by atoms with Crippen LogP contribution in [0.3, 0.4) is 0 Å². The minimum Gasteiger partial charge on any atom is -0.257 e. The van der Waals surface area contributed by atoms with Crippen molar-refractivity contribution in [3.05, 3.63) is 64.9 Å². The third-order valence-electron chi connectivity index (χ3n) is 2.35. The lowest BCUT2D eigenvalue weighted by molar-refractivity contribution is 1.27. The lowest BCUT2D eigenvalue weighted by atomic mass is 10.1. The molecule has 1 heterocycles. The van der Waals surface area contributed by atoms with Gasteiger partial charge in [0.1, 0.15) is 0 Å². The van der Waals surface area contributed by atoms with E-state index in [0.29, 0.717) is 0 Å². The number of rotatable bonds is 2. The first-order valence-corrected chi connectivity index (χ1v) is 5.49. The Morgan fingerprint density at radius 1 is 1.12 bits per heavy atom. The number of hydrogen-bond acceptors (Lipinski definition) is 1. The zero-order valence-corrected chi connectivity index (χ0v) is 9.78. The second kappa shape index (κ2) is 4.95. The van der Waals surface area contributed by atoms with Crippen LogP contribution in [0.2, 0.25) is 5.02 Å². The molecule has 0 N–H and O–H groups in total. The quantitative estimate of drug-likeness (QED) is 0.749. The molecule has 80 valence electrons. The average molecular weight is 230 g/mol. The van der Waals surface area contributed by atoms with Crippen molar-refractivity contribution in [3.63, 3.8) is 0 Å². The summed E-state index contributed by atoms with van der Waals surface area (Å²) in [7, 11) is 0. The highest BCUT2D eigenvalue weighted by Crippen LogP contribution is 2.21. The Morgan fingerprint density at radius 3 is 2.56 bits per heavy atom. The van der Waals surface area contributed by atoms with E-state index in [-0.39, 0.29) is 0 Å². The zero-order chi connectivity index (χ0) is 11.4. The lowest BCUT2D eigenvalue weighted by Gasteiger charge is -2.02. The van der Waals surface area contributed by atoms with E-state index in [1.54, 1.807) is 6.20 Å². The molecule has 0 saturated carbocycles. The van der Waals surface area contributed by atoms with Crippen LogP contribution < -0.4 is 0 Å². The molecule has 0 saturated heterocycles. The van der Waals surface area contributed by atoms with Gasteiger partial charge in [0.05, 0.1) is 5.69 Å². The van der Waals surface area contributed by atoms with Gasteiger partial charge < -0.3 is 0 Å². The van der Waals surface area contributed by atoms with Crippen LogP contribution in [0.5, 0.6) is 0 Å². The molecule has 2 rings (SSSR count). The molecule has 0 aliphatic carbocycles. The van der Waals surface area contributed by atoms with Crippen LogP contribution in [0.1, 0.15) is 18.2 Å². The predicted octanol–water partition coefficient (Wildman–Crippen LogP) is 4.30. The van der Waals surface area contributed by atoms with Crippen LogP contribution in [0.4, 0.5) is 0 Å². The first kappa shape index (κ1) is 10.9. The summed E-state index contributed by atoms with van der Waals surface area (Å²) < 4.78 is 0. The number of allylic oxidation sites excluding steroid dienone is 1. The first-order chi connectivity index (χ1) is 7.77. The molecule has 0 fully saturated rings. The Kier molecular flexibility index (Phi) is 3.37. The Hall–Kier alpha value is -1.60. The minimum absolute atomic E-state index is 0.762. The number of benzene rings is 1. The Balaban J connectivity index is 2.36. The van der Waals surface area contributed by atoms with Gasteiger partial charge in [0.25, 0.3) is 0 Å². The highest BCUT2D eigenvalue weighted by Gasteiger charge is 1.99. The summed E-state index contributed by atoms with van der Waals surface area (Å²) in [6.07, 6.45) is 3.84. The van der Waals surface area contributed by atoms with Gasteiger partial charge in [-0.05, 0) is 42.3 Å². The predicted molar refractivity (Wildman–Crippen MR) is 69.2 cm³/mol. The third-order valence-corrected chi connectivity index (χ3v) is 2.69. The van der Waals surface area contributed by atoms with Gasteiger partial charge in [-0.25, -0.2) is 0 Å². The molecule has 0 radical (unpaired) electrons. The second-order valence-electron chi connectivity index (χ2n) is 3.56. The number of halogens is 1. The molecule has 0 atom stereocenters. The zero-order valence-electron chi connectivity index (χ0n) is 9.02. The lowest BCUT2D eigenvalue weighted by Crippen LogP contribution is -1.84. The maximum atomic E-state index is 6.09. The molecule has 2 heteroatoms. The molecule has 0 amide bonds. The highest BCUT2D eigenvalue weighted by molar-refractivity contribution is 6.32. The smallest absolute Gasteiger partial charge is 0.0658 e. The summed E-state index contributed by atoms with van der Waals surface area (Å²) in [6.45, 7) is 2.03. The van der Waals surface area contributed by atoms with Crippen molar-refractivity contribution in [2.24, 2.45) is 0 Å². The van der Waals surface area contributed by atoms with Gasteiger partial charge in [0, 0.05) is 11.2 Å². The topological polar surface area (TPSA) is 12.9 Å². The highest BCUT2D eigenvalue weighted by atomic mass is 35.5. The molecule has 0 spiro atoms. The van der Waals surface area contributed by atoms with Crippen LogP contribution in [0.25, 0.3) is 11.6 Å². The molecule has 2 aromatic rings. The van der Waals surface area contributed by atoms with E-state index >= 15 is 0 Å². The summed E-state index contributed by atoms with van der Waals surface area (Å²) in [4.78, 5) is 4.29. The fourth-order valence-electron chi connectivity index (χ4n) is 1.50. The van der Waals surface area contributed by atoms with E-state index < -0.39 is 0 Å². The largest absolute Gasteiger partial charge is 0.257 e. The van der Waals surface area contributed by atoms with Crippen LogP contribution in [0, 0.1) is 0 Å². The van der Waals surface area contributed by atoms with Crippen LogP contribution in [-0.4, -0.2) is 4.98 Å². The van der Waals surface area contributed by atoms with Crippen molar-refractivity contribution in [3.8, 4) is 0 Å². The fourth-order valence-corrected chi connectivity index (χ4v) is 1.69. The summed E-state index contributed by atoms with van der Waals surface area (Å²) in [5.41, 5.74) is 3.10. The molecular weight excluding hydrogens is 218 g/mol. The van der Waals surface area contributed by atoms with E-state index in [9.17, 15) is 0 Å². The third kappa shape index (κ3) is 2.50. The molecule has 0 unspecified atom stereocenters. The van der Waals surface area contributed by atoms with Gasteiger partial charge in [-0.1, -0.05) is 35.9 Å². The molecular formula is C14H12ClN. The normalized spacial score (nSPS) is 11.5. The first-order valence-electron chi connectivity index (χ1n) is 5.11. The van der Waals surface area contributed by atoms with Gasteiger partial charge in [-0.2, -0.15) is 0 Å². The van der Waals surface area contributed by atoms with Gasteiger partial charge >= 0.3 is 0 Å². The SMILES string of the molecule is C/C(=C\c1ccccc1Cl)c1ccccn1. The molecule has 0 aliphatic heterocycles. The summed E-state index contributed by atoms with van der Waals surface area (Å²) in [5, 5.41) is 0.762. The van der Waals surface area contributed by atoms with Crippen LogP contribution in [-0.2, 0) is 0 Å². The Labute approximate surface area is 100 Å². The number of hydrogen-bond donors (Lipinski definition) is 0. The van der Waals surface area contributed by atoms with E-state index in [2.05, 4.69) is 4.98 Å². The maximum absolute atomic E-state index is 6.09. The molecule has 0 bridgehead atoms. The van der Waals surface area contributed by atoms with E-state index in [1.165, 1.54) is 0 Å². The summed E-state index contributed by atoms with van der Waals surface area (Å²) in [5.74, 6) is 0. The molecule has 16 heavy (non-hydrogen) atoms. The molecule has 1 nitrogen and oxygen atoms in total. The van der Waals surface area contributed by atoms with Crippen molar-refractivity contribution in [1.29, 1.82) is 0 Å². The Bertz CT molecular complexity index is 503. The average Bonchev–Trinajstić information content (AvgIpc) is 2.33.